The van der Waals surface area contributed by atoms with Crippen LogP contribution in [0.25, 0.3) is 0 Å². The Kier molecular flexibility index (Phi) is 4.49. The number of nitrogens with one attached hydrogen (secondary N) is 1. The number of anilines is 2. The minimum Gasteiger partial charge on any atom is -0.362 e. The number of fused-ring (bicyclic) bond motifs is 1. The van der Waals surface area contributed by atoms with E-state index in [1.54, 1.807) is 36.4 Å². The van der Waals surface area contributed by atoms with Gasteiger partial charge in [0.05, 0.1) is 11.4 Å². The van der Waals surface area contributed by atoms with Crippen LogP contribution in [0.1, 0.15) is 5.56 Å². The molecule has 0 aromatic heterocycles. The number of carbonyl (C=O) groups is 1. The summed E-state index contributed by atoms with van der Waals surface area (Å²) < 4.78 is 22.8. The van der Waals surface area contributed by atoms with Crippen molar-refractivity contribution < 1.29 is 13.2 Å². The van der Waals surface area contributed by atoms with Crippen LogP contribution >= 0.6 is 11.6 Å². The highest BCUT2D eigenvalue weighted by Crippen LogP contribution is 2.29. The summed E-state index contributed by atoms with van der Waals surface area (Å²) in [6.45, 7) is 0.835. The lowest BCUT2D eigenvalue weighted by Gasteiger charge is -2.19. The maximum absolute atomic E-state index is 12.2. The summed E-state index contributed by atoms with van der Waals surface area (Å²) in [5.41, 5.74) is 2.41. The summed E-state index contributed by atoms with van der Waals surface area (Å²) in [5.74, 6) is -0.152. The second-order valence-electron chi connectivity index (χ2n) is 5.56. The Bertz CT molecular complexity index is 882. The van der Waals surface area contributed by atoms with E-state index in [0.29, 0.717) is 23.7 Å². The minimum absolute atomic E-state index is 0.0914. The van der Waals surface area contributed by atoms with Crippen molar-refractivity contribution in [2.24, 2.45) is 5.14 Å². The summed E-state index contributed by atoms with van der Waals surface area (Å²) in [6, 6.07) is 11.6. The lowest BCUT2D eigenvalue weighted by Crippen LogP contribution is -2.31. The predicted octanol–water partition coefficient (Wildman–Crippen LogP) is 1.99. The van der Waals surface area contributed by atoms with Crippen molar-refractivity contribution >= 4 is 38.9 Å². The van der Waals surface area contributed by atoms with Crippen molar-refractivity contribution in [1.29, 1.82) is 0 Å². The van der Waals surface area contributed by atoms with Crippen molar-refractivity contribution in [3.8, 4) is 0 Å². The first-order valence-corrected chi connectivity index (χ1v) is 9.21. The molecule has 0 saturated carbocycles. The normalized spacial score (nSPS) is 13.7. The van der Waals surface area contributed by atoms with E-state index in [9.17, 15) is 13.2 Å². The molecule has 8 heteroatoms. The first-order valence-electron chi connectivity index (χ1n) is 7.29. The Morgan fingerprint density at radius 2 is 1.92 bits per heavy atom. The third-order valence-electron chi connectivity index (χ3n) is 3.83. The third-order valence-corrected chi connectivity index (χ3v) is 5.00. The molecule has 0 radical (unpaired) electrons. The predicted molar refractivity (Wildman–Crippen MR) is 93.8 cm³/mol. The first kappa shape index (κ1) is 16.8. The lowest BCUT2D eigenvalue weighted by atomic mass is 10.2. The van der Waals surface area contributed by atoms with Gasteiger partial charge >= 0.3 is 0 Å². The van der Waals surface area contributed by atoms with Gasteiger partial charge in [-0.15, -0.1) is 0 Å². The molecule has 2 aromatic carbocycles. The Morgan fingerprint density at radius 3 is 2.58 bits per heavy atom. The molecule has 0 aliphatic carbocycles. The molecule has 1 amide bonds. The van der Waals surface area contributed by atoms with Crippen LogP contribution in [0.2, 0.25) is 5.02 Å². The Hall–Kier alpha value is -2.09. The molecule has 0 bridgehead atoms. The van der Waals surface area contributed by atoms with E-state index in [4.69, 9.17) is 16.7 Å². The molecule has 0 spiro atoms. The van der Waals surface area contributed by atoms with Gasteiger partial charge in [0.2, 0.25) is 15.9 Å². The average Bonchev–Trinajstić information content (AvgIpc) is 2.91. The highest BCUT2D eigenvalue weighted by Gasteiger charge is 2.23. The van der Waals surface area contributed by atoms with Gasteiger partial charge in [-0.05, 0) is 54.4 Å². The Balaban J connectivity index is 1.70. The number of carbonyl (C=O) groups excluding carboxylic acids is 1. The maximum atomic E-state index is 12.2. The Labute approximate surface area is 145 Å². The second-order valence-corrected chi connectivity index (χ2v) is 7.56. The van der Waals surface area contributed by atoms with E-state index < -0.39 is 10.0 Å². The van der Waals surface area contributed by atoms with Crippen LogP contribution in [0.4, 0.5) is 11.4 Å². The Morgan fingerprint density at radius 1 is 1.21 bits per heavy atom. The van der Waals surface area contributed by atoms with Gasteiger partial charge in [-0.2, -0.15) is 0 Å². The fourth-order valence-corrected chi connectivity index (χ4v) is 3.39. The molecule has 3 N–H and O–H groups in total. The number of benzene rings is 2. The fraction of sp³-hybridized carbons (Fsp3) is 0.188. The number of primary sulfonamides is 1. The van der Waals surface area contributed by atoms with Crippen molar-refractivity contribution in [1.82, 2.24) is 0 Å². The molecule has 1 aliphatic rings. The fourth-order valence-electron chi connectivity index (χ4n) is 2.69. The highest BCUT2D eigenvalue weighted by atomic mass is 35.5. The molecule has 2 aromatic rings. The molecule has 1 aliphatic heterocycles. The summed E-state index contributed by atoms with van der Waals surface area (Å²) in [4.78, 5) is 14.2. The van der Waals surface area contributed by atoms with E-state index in [1.807, 2.05) is 4.90 Å². The average molecular weight is 366 g/mol. The number of hydrogen-bond acceptors (Lipinski definition) is 4. The SMILES string of the molecule is NS(=O)(=O)c1ccc2c(c1)CCN2CC(=O)Nc1ccc(Cl)cc1. The van der Waals surface area contributed by atoms with Gasteiger partial charge in [0.25, 0.3) is 0 Å². The van der Waals surface area contributed by atoms with Crippen LogP contribution < -0.4 is 15.4 Å². The van der Waals surface area contributed by atoms with Gasteiger partial charge in [0, 0.05) is 22.9 Å². The topological polar surface area (TPSA) is 92.5 Å². The van der Waals surface area contributed by atoms with Crippen LogP contribution in [0.15, 0.2) is 47.4 Å². The van der Waals surface area contributed by atoms with Crippen LogP contribution in [0.3, 0.4) is 0 Å². The molecule has 126 valence electrons. The van der Waals surface area contributed by atoms with E-state index in [0.717, 1.165) is 11.3 Å². The molecular formula is C16H16ClN3O3S. The zero-order chi connectivity index (χ0) is 17.3. The molecule has 3 rings (SSSR count). The van der Waals surface area contributed by atoms with Gasteiger partial charge in [-0.25, -0.2) is 13.6 Å². The minimum atomic E-state index is -3.72. The second kappa shape index (κ2) is 6.43. The summed E-state index contributed by atoms with van der Waals surface area (Å²) in [6.07, 6.45) is 0.674. The number of halogens is 1. The lowest BCUT2D eigenvalue weighted by molar-refractivity contribution is -0.115. The van der Waals surface area contributed by atoms with Crippen molar-refractivity contribution in [3.05, 3.63) is 53.1 Å². The number of sulfonamides is 1. The molecule has 0 fully saturated rings. The first-order chi connectivity index (χ1) is 11.3. The molecule has 0 atom stereocenters. The van der Waals surface area contributed by atoms with E-state index in [1.165, 1.54) is 6.07 Å². The van der Waals surface area contributed by atoms with Gasteiger partial charge < -0.3 is 10.2 Å². The zero-order valence-electron chi connectivity index (χ0n) is 12.7. The van der Waals surface area contributed by atoms with Gasteiger partial charge in [0.15, 0.2) is 0 Å². The zero-order valence-corrected chi connectivity index (χ0v) is 14.3. The van der Waals surface area contributed by atoms with Crippen LogP contribution in [-0.4, -0.2) is 27.4 Å². The van der Waals surface area contributed by atoms with Crippen LogP contribution in [-0.2, 0) is 21.2 Å². The van der Waals surface area contributed by atoms with Crippen LogP contribution in [0, 0.1) is 0 Å². The monoisotopic (exact) mass is 365 g/mol. The number of nitrogens with two attached hydrogens (primary N) is 1. The van der Waals surface area contributed by atoms with Crippen molar-refractivity contribution in [2.45, 2.75) is 11.3 Å². The third kappa shape index (κ3) is 3.69. The van der Waals surface area contributed by atoms with Crippen LogP contribution in [0.5, 0.6) is 0 Å². The van der Waals surface area contributed by atoms with E-state index in [-0.39, 0.29) is 17.3 Å². The van der Waals surface area contributed by atoms with Gasteiger partial charge in [-0.3, -0.25) is 4.79 Å². The summed E-state index contributed by atoms with van der Waals surface area (Å²) in [7, 11) is -3.72. The molecule has 0 unspecified atom stereocenters. The van der Waals surface area contributed by atoms with E-state index >= 15 is 0 Å². The summed E-state index contributed by atoms with van der Waals surface area (Å²) in [5, 5.41) is 8.56. The largest absolute Gasteiger partial charge is 0.362 e. The quantitative estimate of drug-likeness (QED) is 0.866. The number of rotatable bonds is 4. The molecule has 24 heavy (non-hydrogen) atoms. The number of amides is 1. The molecule has 1 heterocycles. The van der Waals surface area contributed by atoms with Crippen molar-refractivity contribution in [3.63, 3.8) is 0 Å². The molecule has 6 nitrogen and oxygen atoms in total. The number of hydrogen-bond donors (Lipinski definition) is 2. The standard InChI is InChI=1S/C16H16ClN3O3S/c17-12-1-3-13(4-2-12)19-16(21)10-20-8-7-11-9-14(24(18,22)23)5-6-15(11)20/h1-6,9H,7-8,10H2,(H,19,21)(H2,18,22,23). The highest BCUT2D eigenvalue weighted by molar-refractivity contribution is 7.89. The molecule has 0 saturated heterocycles. The van der Waals surface area contributed by atoms with Gasteiger partial charge in [-0.1, -0.05) is 11.6 Å². The number of nitrogens with zero attached hydrogens (tertiary/aromatic N) is 1. The smallest absolute Gasteiger partial charge is 0.243 e. The van der Waals surface area contributed by atoms with Gasteiger partial charge in [0.1, 0.15) is 0 Å². The summed E-state index contributed by atoms with van der Waals surface area (Å²) >= 11 is 5.81. The van der Waals surface area contributed by atoms with Crippen molar-refractivity contribution in [2.75, 3.05) is 23.3 Å². The molecular weight excluding hydrogens is 350 g/mol. The maximum Gasteiger partial charge on any atom is 0.243 e. The van der Waals surface area contributed by atoms with E-state index in [2.05, 4.69) is 5.32 Å².